The molecule has 7 nitrogen and oxygen atoms in total. The minimum atomic E-state index is -0.364. The Morgan fingerprint density at radius 2 is 2.22 bits per heavy atom. The second kappa shape index (κ2) is 6.53. The second-order valence-electron chi connectivity index (χ2n) is 4.37. The van der Waals surface area contributed by atoms with Gasteiger partial charge in [0.05, 0.1) is 11.4 Å². The van der Waals surface area contributed by atoms with E-state index in [4.69, 9.17) is 4.42 Å². The van der Waals surface area contributed by atoms with Gasteiger partial charge >= 0.3 is 0 Å². The first-order chi connectivity index (χ1) is 11.2. The average molecular weight is 330 g/mol. The highest BCUT2D eigenvalue weighted by atomic mass is 32.2. The number of thioether (sulfide) groups is 1. The van der Waals surface area contributed by atoms with Crippen LogP contribution in [0.15, 0.2) is 53.1 Å². The minimum absolute atomic E-state index is 0.252. The molecule has 3 rings (SSSR count). The molecule has 1 aromatic carbocycles. The van der Waals surface area contributed by atoms with Gasteiger partial charge in [-0.2, -0.15) is 4.68 Å². The Balaban J connectivity index is 1.72. The average Bonchev–Trinajstić information content (AvgIpc) is 3.21. The highest BCUT2D eigenvalue weighted by Crippen LogP contribution is 2.25. The fraction of sp³-hybridized carbons (Fsp3) is 0.0714. The molecular weight excluding hydrogens is 319 g/mol. The van der Waals surface area contributed by atoms with Crippen LogP contribution in [0.25, 0.3) is 17.2 Å². The molecule has 0 aliphatic rings. The van der Waals surface area contributed by atoms with Crippen molar-refractivity contribution in [2.24, 2.45) is 0 Å². The summed E-state index contributed by atoms with van der Waals surface area (Å²) < 4.78 is 20.2. The predicted octanol–water partition coefficient (Wildman–Crippen LogP) is 2.81. The highest BCUT2D eigenvalue weighted by Gasteiger charge is 2.13. The normalized spacial score (nSPS) is 10.7. The maximum absolute atomic E-state index is 13.2. The Morgan fingerprint density at radius 3 is 3.00 bits per heavy atom. The number of benzene rings is 1. The fourth-order valence-corrected chi connectivity index (χ4v) is 2.41. The van der Waals surface area contributed by atoms with Crippen molar-refractivity contribution in [3.63, 3.8) is 0 Å². The van der Waals surface area contributed by atoms with Gasteiger partial charge in [0.2, 0.25) is 5.89 Å². The number of nitrogens with zero attached hydrogens (tertiary/aromatic N) is 6. The molecule has 116 valence electrons. The van der Waals surface area contributed by atoms with Gasteiger partial charge in [-0.15, -0.1) is 15.3 Å². The number of rotatable bonds is 6. The van der Waals surface area contributed by atoms with Gasteiger partial charge in [0.25, 0.3) is 5.22 Å². The van der Waals surface area contributed by atoms with Crippen molar-refractivity contribution >= 4 is 17.5 Å². The summed E-state index contributed by atoms with van der Waals surface area (Å²) in [5.41, 5.74) is 1.09. The van der Waals surface area contributed by atoms with E-state index in [1.807, 2.05) is 0 Å². The molecule has 0 amide bonds. The lowest BCUT2D eigenvalue weighted by atomic mass is 10.2. The molecule has 0 aliphatic carbocycles. The van der Waals surface area contributed by atoms with Crippen LogP contribution < -0.4 is 0 Å². The van der Waals surface area contributed by atoms with Crippen molar-refractivity contribution in [1.82, 2.24) is 30.4 Å². The van der Waals surface area contributed by atoms with Crippen molar-refractivity contribution in [3.8, 4) is 11.5 Å². The number of halogens is 1. The summed E-state index contributed by atoms with van der Waals surface area (Å²) in [7, 11) is 0. The van der Waals surface area contributed by atoms with Crippen molar-refractivity contribution in [1.29, 1.82) is 0 Å². The van der Waals surface area contributed by atoms with Crippen molar-refractivity contribution < 1.29 is 8.81 Å². The van der Waals surface area contributed by atoms with E-state index in [2.05, 4.69) is 38.9 Å². The maximum atomic E-state index is 13.2. The third-order valence-electron chi connectivity index (χ3n) is 2.84. The Bertz CT molecular complexity index is 858. The Hall–Kier alpha value is -2.81. The molecule has 0 bridgehead atoms. The number of allylic oxidation sites excluding steroid dienone is 2. The lowest BCUT2D eigenvalue weighted by Gasteiger charge is -2.01. The van der Waals surface area contributed by atoms with E-state index in [1.165, 1.54) is 28.6 Å². The van der Waals surface area contributed by atoms with Crippen molar-refractivity contribution in [3.05, 3.63) is 55.1 Å². The molecule has 0 N–H and O–H groups in total. The molecule has 23 heavy (non-hydrogen) atoms. The molecule has 0 radical (unpaired) electrons. The van der Waals surface area contributed by atoms with Gasteiger partial charge in [0.1, 0.15) is 5.82 Å². The Kier molecular flexibility index (Phi) is 4.29. The van der Waals surface area contributed by atoms with Crippen LogP contribution in [0.1, 0.15) is 5.82 Å². The molecule has 0 aliphatic heterocycles. The topological polar surface area (TPSA) is 82.5 Å². The van der Waals surface area contributed by atoms with Crippen LogP contribution in [0.5, 0.6) is 0 Å². The lowest BCUT2D eigenvalue weighted by Crippen LogP contribution is -2.01. The molecule has 2 aromatic heterocycles. The quantitative estimate of drug-likeness (QED) is 0.507. The molecule has 0 saturated heterocycles. The Labute approximate surface area is 134 Å². The van der Waals surface area contributed by atoms with Gasteiger partial charge in [0.15, 0.2) is 5.82 Å². The number of hydrogen-bond acceptors (Lipinski definition) is 7. The van der Waals surface area contributed by atoms with Gasteiger partial charge < -0.3 is 4.42 Å². The van der Waals surface area contributed by atoms with Crippen LogP contribution in [-0.4, -0.2) is 30.4 Å². The van der Waals surface area contributed by atoms with E-state index in [9.17, 15) is 4.39 Å². The first-order valence-corrected chi connectivity index (χ1v) is 7.47. The van der Waals surface area contributed by atoms with Crippen LogP contribution in [-0.2, 0) is 5.75 Å². The third kappa shape index (κ3) is 3.34. The zero-order valence-corrected chi connectivity index (χ0v) is 12.7. The molecule has 0 atom stereocenters. The van der Waals surface area contributed by atoms with Crippen LogP contribution in [0.3, 0.4) is 0 Å². The van der Waals surface area contributed by atoms with E-state index in [1.54, 1.807) is 18.2 Å². The minimum Gasteiger partial charge on any atom is -0.411 e. The summed E-state index contributed by atoms with van der Waals surface area (Å²) in [4.78, 5) is 0. The van der Waals surface area contributed by atoms with Crippen LogP contribution >= 0.6 is 11.8 Å². The molecule has 9 heteroatoms. The van der Waals surface area contributed by atoms with Crippen LogP contribution in [0.2, 0.25) is 0 Å². The summed E-state index contributed by atoms with van der Waals surface area (Å²) in [6.45, 7) is 7.42. The zero-order valence-electron chi connectivity index (χ0n) is 11.9. The first kappa shape index (κ1) is 15.1. The van der Waals surface area contributed by atoms with Crippen LogP contribution in [0, 0.1) is 5.82 Å². The molecule has 0 fully saturated rings. The number of aromatic nitrogens is 6. The van der Waals surface area contributed by atoms with Crippen molar-refractivity contribution in [2.45, 2.75) is 11.0 Å². The largest absolute Gasteiger partial charge is 0.411 e. The maximum Gasteiger partial charge on any atom is 0.277 e. The first-order valence-electron chi connectivity index (χ1n) is 6.48. The molecule has 0 saturated carbocycles. The fourth-order valence-electron chi connectivity index (χ4n) is 1.74. The third-order valence-corrected chi connectivity index (χ3v) is 3.66. The molecule has 2 heterocycles. The number of tetrazole rings is 1. The van der Waals surface area contributed by atoms with Gasteiger partial charge in [-0.05, 0) is 34.7 Å². The summed E-state index contributed by atoms with van der Waals surface area (Å²) in [5, 5.41) is 19.5. The monoisotopic (exact) mass is 330 g/mol. The van der Waals surface area contributed by atoms with Gasteiger partial charge in [-0.3, -0.25) is 0 Å². The SMILES string of the molecule is C=CC(=C)n1nnnc1CSc1nnc(-c2cccc(F)c2)o1. The lowest BCUT2D eigenvalue weighted by molar-refractivity contribution is 0.465. The van der Waals surface area contributed by atoms with Gasteiger partial charge in [-0.1, -0.05) is 31.0 Å². The van der Waals surface area contributed by atoms with Crippen LogP contribution in [0.4, 0.5) is 4.39 Å². The van der Waals surface area contributed by atoms with E-state index in [0.717, 1.165) is 0 Å². The van der Waals surface area contributed by atoms with Gasteiger partial charge in [0, 0.05) is 5.56 Å². The molecule has 0 unspecified atom stereocenters. The smallest absolute Gasteiger partial charge is 0.277 e. The standard InChI is InChI=1S/C14H11FN6OS/c1-3-9(2)21-12(16-19-20-21)8-23-14-18-17-13(22-14)10-5-4-6-11(15)7-10/h3-7H,1-2,8H2. The Morgan fingerprint density at radius 1 is 1.35 bits per heavy atom. The zero-order chi connectivity index (χ0) is 16.2. The molecule has 3 aromatic rings. The van der Waals surface area contributed by atoms with E-state index in [0.29, 0.717) is 28.1 Å². The predicted molar refractivity (Wildman–Crippen MR) is 82.6 cm³/mol. The summed E-state index contributed by atoms with van der Waals surface area (Å²) in [6, 6.07) is 5.95. The number of hydrogen-bond donors (Lipinski definition) is 0. The molecule has 0 spiro atoms. The van der Waals surface area contributed by atoms with Gasteiger partial charge in [-0.25, -0.2) is 4.39 Å². The van der Waals surface area contributed by atoms with E-state index in [-0.39, 0.29) is 11.7 Å². The highest BCUT2D eigenvalue weighted by molar-refractivity contribution is 7.98. The second-order valence-corrected chi connectivity index (χ2v) is 5.30. The molecular formula is C14H11FN6OS. The summed E-state index contributed by atoms with van der Waals surface area (Å²) in [5.74, 6) is 0.870. The summed E-state index contributed by atoms with van der Waals surface area (Å²) in [6.07, 6.45) is 1.55. The van der Waals surface area contributed by atoms with E-state index < -0.39 is 0 Å². The van der Waals surface area contributed by atoms with E-state index >= 15 is 0 Å². The summed E-state index contributed by atoms with van der Waals surface area (Å²) >= 11 is 1.27. The van der Waals surface area contributed by atoms with Crippen molar-refractivity contribution in [2.75, 3.05) is 0 Å².